The second kappa shape index (κ2) is 6.83. The second-order valence-electron chi connectivity index (χ2n) is 5.00. The summed E-state index contributed by atoms with van der Waals surface area (Å²) in [4.78, 5) is 16.4. The number of ether oxygens (including phenoxy) is 1. The van der Waals surface area contributed by atoms with Crippen LogP contribution in [0.5, 0.6) is 5.75 Å². The van der Waals surface area contributed by atoms with Crippen molar-refractivity contribution in [2.24, 2.45) is 0 Å². The third-order valence-electron chi connectivity index (χ3n) is 3.47. The molecule has 116 valence electrons. The number of aromatic amines is 1. The van der Waals surface area contributed by atoms with Crippen LogP contribution < -0.4 is 10.1 Å². The molecule has 1 aliphatic heterocycles. The van der Waals surface area contributed by atoms with Crippen LogP contribution in [0.3, 0.4) is 0 Å². The van der Waals surface area contributed by atoms with Gasteiger partial charge in [-0.15, -0.1) is 5.10 Å². The summed E-state index contributed by atoms with van der Waals surface area (Å²) in [5, 5.41) is 10.6. The van der Waals surface area contributed by atoms with E-state index in [0.717, 1.165) is 30.0 Å². The molecule has 6 nitrogen and oxygen atoms in total. The van der Waals surface area contributed by atoms with Crippen molar-refractivity contribution in [1.82, 2.24) is 20.5 Å². The van der Waals surface area contributed by atoms with Gasteiger partial charge in [0, 0.05) is 18.4 Å². The molecule has 0 fully saturated rings. The van der Waals surface area contributed by atoms with E-state index in [-0.39, 0.29) is 11.9 Å². The van der Waals surface area contributed by atoms with Gasteiger partial charge in [-0.25, -0.2) is 4.98 Å². The van der Waals surface area contributed by atoms with Gasteiger partial charge in [-0.05, 0) is 6.07 Å². The Bertz CT molecular complexity index is 658. The summed E-state index contributed by atoms with van der Waals surface area (Å²) in [5.74, 6) is 1.98. The van der Waals surface area contributed by atoms with E-state index in [4.69, 9.17) is 4.74 Å². The van der Waals surface area contributed by atoms with Gasteiger partial charge in [0.1, 0.15) is 11.6 Å². The zero-order chi connectivity index (χ0) is 15.4. The lowest BCUT2D eigenvalue weighted by Gasteiger charge is -2.26. The maximum atomic E-state index is 12.1. The Kier molecular flexibility index (Phi) is 4.62. The largest absolute Gasteiger partial charge is 0.493 e. The number of H-pyrrole nitrogens is 1. The van der Waals surface area contributed by atoms with Crippen LogP contribution in [0.1, 0.15) is 30.8 Å². The van der Waals surface area contributed by atoms with Gasteiger partial charge >= 0.3 is 0 Å². The molecule has 3 rings (SSSR count). The molecule has 2 aromatic rings. The van der Waals surface area contributed by atoms with Crippen molar-refractivity contribution in [3.63, 3.8) is 0 Å². The topological polar surface area (TPSA) is 79.9 Å². The Morgan fingerprint density at radius 1 is 1.50 bits per heavy atom. The molecular formula is C15H18N4O2S. The molecule has 0 radical (unpaired) electrons. The molecule has 2 heterocycles. The smallest absolute Gasteiger partial charge is 0.230 e. The normalized spacial score (nSPS) is 16.7. The number of thioether (sulfide) groups is 1. The highest BCUT2D eigenvalue weighted by atomic mass is 32.2. The molecule has 0 saturated heterocycles. The third kappa shape index (κ3) is 3.41. The number of hydrogen-bond donors (Lipinski definition) is 2. The minimum atomic E-state index is -0.0189. The van der Waals surface area contributed by atoms with Crippen molar-refractivity contribution in [3.05, 3.63) is 35.7 Å². The van der Waals surface area contributed by atoms with Gasteiger partial charge in [0.15, 0.2) is 0 Å². The lowest BCUT2D eigenvalue weighted by Crippen LogP contribution is -2.33. The van der Waals surface area contributed by atoms with E-state index < -0.39 is 0 Å². The van der Waals surface area contributed by atoms with Crippen LogP contribution in [-0.2, 0) is 11.2 Å². The first-order valence-electron chi connectivity index (χ1n) is 7.31. The molecule has 0 bridgehead atoms. The molecule has 1 atom stereocenters. The Labute approximate surface area is 133 Å². The van der Waals surface area contributed by atoms with Crippen LogP contribution in [0.15, 0.2) is 29.4 Å². The van der Waals surface area contributed by atoms with Gasteiger partial charge in [0.2, 0.25) is 11.1 Å². The molecule has 0 aliphatic carbocycles. The second-order valence-corrected chi connectivity index (χ2v) is 5.94. The minimum Gasteiger partial charge on any atom is -0.493 e. The number of nitrogens with zero attached hydrogens (tertiary/aromatic N) is 2. The van der Waals surface area contributed by atoms with E-state index in [1.165, 1.54) is 11.8 Å². The molecule has 1 aliphatic rings. The molecule has 1 amide bonds. The third-order valence-corrected chi connectivity index (χ3v) is 4.32. The Morgan fingerprint density at radius 2 is 2.36 bits per heavy atom. The lowest BCUT2D eigenvalue weighted by atomic mass is 10.0. The van der Waals surface area contributed by atoms with Gasteiger partial charge in [0.25, 0.3) is 0 Å². The SMILES string of the molecule is CCc1nc(SCC(=O)NC2CCOc3ccccc32)n[nH]1. The Morgan fingerprint density at radius 3 is 3.18 bits per heavy atom. The van der Waals surface area contributed by atoms with E-state index in [9.17, 15) is 4.79 Å². The first kappa shape index (κ1) is 14.9. The van der Waals surface area contributed by atoms with E-state index >= 15 is 0 Å². The van der Waals surface area contributed by atoms with Crippen molar-refractivity contribution in [1.29, 1.82) is 0 Å². The molecule has 22 heavy (non-hydrogen) atoms. The van der Waals surface area contributed by atoms with Crippen molar-refractivity contribution in [2.45, 2.75) is 31.0 Å². The first-order chi connectivity index (χ1) is 10.8. The van der Waals surface area contributed by atoms with Gasteiger partial charge in [-0.1, -0.05) is 36.9 Å². The summed E-state index contributed by atoms with van der Waals surface area (Å²) in [6.07, 6.45) is 1.59. The number of rotatable bonds is 5. The van der Waals surface area contributed by atoms with E-state index in [1.54, 1.807) is 0 Å². The summed E-state index contributed by atoms with van der Waals surface area (Å²) >= 11 is 1.34. The van der Waals surface area contributed by atoms with Crippen LogP contribution >= 0.6 is 11.8 Å². The highest BCUT2D eigenvalue weighted by Gasteiger charge is 2.22. The molecular weight excluding hydrogens is 300 g/mol. The maximum absolute atomic E-state index is 12.1. The van der Waals surface area contributed by atoms with Gasteiger partial charge in [0.05, 0.1) is 18.4 Å². The summed E-state index contributed by atoms with van der Waals surface area (Å²) in [7, 11) is 0. The highest BCUT2D eigenvalue weighted by Crippen LogP contribution is 2.31. The number of benzene rings is 1. The fourth-order valence-electron chi connectivity index (χ4n) is 2.36. The van der Waals surface area contributed by atoms with Crippen LogP contribution in [0.4, 0.5) is 0 Å². The fraction of sp³-hybridized carbons (Fsp3) is 0.400. The molecule has 1 unspecified atom stereocenters. The zero-order valence-corrected chi connectivity index (χ0v) is 13.2. The zero-order valence-electron chi connectivity index (χ0n) is 12.3. The number of fused-ring (bicyclic) bond motifs is 1. The number of aryl methyl sites for hydroxylation is 1. The Hall–Kier alpha value is -2.02. The Balaban J connectivity index is 1.56. The number of carbonyl (C=O) groups is 1. The monoisotopic (exact) mass is 318 g/mol. The minimum absolute atomic E-state index is 0.0106. The predicted molar refractivity (Wildman–Crippen MR) is 83.9 cm³/mol. The standard InChI is InChI=1S/C15H18N4O2S/c1-2-13-17-15(19-18-13)22-9-14(20)16-11-7-8-21-12-6-4-3-5-10(11)12/h3-6,11H,2,7-9H2,1H3,(H,16,20)(H,17,18,19). The lowest BCUT2D eigenvalue weighted by molar-refractivity contribution is -0.119. The van der Waals surface area contributed by atoms with Crippen LogP contribution in [0.2, 0.25) is 0 Å². The van der Waals surface area contributed by atoms with Crippen LogP contribution in [0.25, 0.3) is 0 Å². The summed E-state index contributed by atoms with van der Waals surface area (Å²) in [6.45, 7) is 2.63. The van der Waals surface area contributed by atoms with E-state index in [0.29, 0.717) is 17.5 Å². The first-order valence-corrected chi connectivity index (χ1v) is 8.30. The van der Waals surface area contributed by atoms with Gasteiger partial charge in [-0.2, -0.15) is 0 Å². The average molecular weight is 318 g/mol. The number of nitrogens with one attached hydrogen (secondary N) is 2. The maximum Gasteiger partial charge on any atom is 0.230 e. The van der Waals surface area contributed by atoms with Crippen molar-refractivity contribution in [3.8, 4) is 5.75 Å². The van der Waals surface area contributed by atoms with E-state index in [2.05, 4.69) is 20.5 Å². The number of para-hydroxylation sites is 1. The summed E-state index contributed by atoms with van der Waals surface area (Å²) < 4.78 is 5.60. The number of aromatic nitrogens is 3. The molecule has 0 saturated carbocycles. The predicted octanol–water partition coefficient (Wildman–Crippen LogP) is 2.10. The number of amides is 1. The molecule has 1 aromatic heterocycles. The quantitative estimate of drug-likeness (QED) is 0.825. The molecule has 7 heteroatoms. The highest BCUT2D eigenvalue weighted by molar-refractivity contribution is 7.99. The van der Waals surface area contributed by atoms with Crippen LogP contribution in [-0.4, -0.2) is 33.4 Å². The molecule has 0 spiro atoms. The number of carbonyl (C=O) groups excluding carboxylic acids is 1. The molecule has 1 aromatic carbocycles. The van der Waals surface area contributed by atoms with Crippen molar-refractivity contribution in [2.75, 3.05) is 12.4 Å². The van der Waals surface area contributed by atoms with Crippen molar-refractivity contribution < 1.29 is 9.53 Å². The fourth-order valence-corrected chi connectivity index (χ4v) is 2.99. The molecule has 2 N–H and O–H groups in total. The van der Waals surface area contributed by atoms with Gasteiger partial charge in [-0.3, -0.25) is 9.89 Å². The summed E-state index contributed by atoms with van der Waals surface area (Å²) in [5.41, 5.74) is 1.04. The van der Waals surface area contributed by atoms with E-state index in [1.807, 2.05) is 31.2 Å². The van der Waals surface area contributed by atoms with Crippen molar-refractivity contribution >= 4 is 17.7 Å². The van der Waals surface area contributed by atoms with Crippen LogP contribution in [0, 0.1) is 0 Å². The summed E-state index contributed by atoms with van der Waals surface area (Å²) in [6, 6.07) is 7.84. The number of hydrogen-bond acceptors (Lipinski definition) is 5. The van der Waals surface area contributed by atoms with Gasteiger partial charge < -0.3 is 10.1 Å². The average Bonchev–Trinajstić information content (AvgIpc) is 3.01.